The van der Waals surface area contributed by atoms with Crippen LogP contribution in [0, 0.1) is 5.82 Å². The molecule has 1 atom stereocenters. The summed E-state index contributed by atoms with van der Waals surface area (Å²) in [6.07, 6.45) is 3.75. The van der Waals surface area contributed by atoms with Crippen molar-refractivity contribution in [1.82, 2.24) is 19.5 Å². The van der Waals surface area contributed by atoms with Crippen LogP contribution in [0.5, 0.6) is 0 Å². The van der Waals surface area contributed by atoms with E-state index in [9.17, 15) is 9.50 Å². The van der Waals surface area contributed by atoms with Gasteiger partial charge < -0.3 is 15.7 Å². The minimum atomic E-state index is -0.391. The van der Waals surface area contributed by atoms with Crippen molar-refractivity contribution >= 4 is 34.4 Å². The second-order valence-electron chi connectivity index (χ2n) is 7.42. The number of hydrogen-bond donors (Lipinski definition) is 3. The Labute approximate surface area is 180 Å². The van der Waals surface area contributed by atoms with Gasteiger partial charge in [0.15, 0.2) is 5.65 Å². The van der Waals surface area contributed by atoms with Gasteiger partial charge in [0.05, 0.1) is 24.5 Å². The van der Waals surface area contributed by atoms with Crippen LogP contribution in [0.4, 0.5) is 27.7 Å². The van der Waals surface area contributed by atoms with Gasteiger partial charge in [0.1, 0.15) is 11.3 Å². The Morgan fingerprint density at radius 1 is 1.06 bits per heavy atom. The smallest absolute Gasteiger partial charge is 0.229 e. The number of benzene rings is 2. The molecule has 0 saturated heterocycles. The molecular weight excluding hydrogens is 395 g/mol. The Morgan fingerprint density at radius 3 is 2.55 bits per heavy atom. The highest BCUT2D eigenvalue weighted by Crippen LogP contribution is 2.27. The third-order valence-corrected chi connectivity index (χ3v) is 5.01. The van der Waals surface area contributed by atoms with Crippen molar-refractivity contribution in [1.29, 1.82) is 0 Å². The number of aryl methyl sites for hydroxylation is 1. The fourth-order valence-electron chi connectivity index (χ4n) is 3.39. The summed E-state index contributed by atoms with van der Waals surface area (Å²) < 4.78 is 15.9. The van der Waals surface area contributed by atoms with E-state index in [1.54, 1.807) is 29.0 Å². The molecule has 0 saturated carbocycles. The SMILES string of the molecule is CCCc1ccc(Nc2ncc3nc(Nc4ccccc4F)n([C@@H](C)CO)c3n2)cc1. The molecule has 3 N–H and O–H groups in total. The summed E-state index contributed by atoms with van der Waals surface area (Å²) in [5.41, 5.74) is 3.54. The average molecular weight is 420 g/mol. The summed E-state index contributed by atoms with van der Waals surface area (Å²) in [6.45, 7) is 3.87. The maximum Gasteiger partial charge on any atom is 0.229 e. The summed E-state index contributed by atoms with van der Waals surface area (Å²) in [4.78, 5) is 13.5. The van der Waals surface area contributed by atoms with E-state index in [-0.39, 0.29) is 12.6 Å². The van der Waals surface area contributed by atoms with Crippen molar-refractivity contribution in [3.63, 3.8) is 0 Å². The number of aromatic nitrogens is 4. The third-order valence-electron chi connectivity index (χ3n) is 5.01. The molecule has 0 aliphatic rings. The van der Waals surface area contributed by atoms with Gasteiger partial charge >= 0.3 is 0 Å². The second-order valence-corrected chi connectivity index (χ2v) is 7.42. The minimum absolute atomic E-state index is 0.122. The number of nitrogens with one attached hydrogen (secondary N) is 2. The first-order chi connectivity index (χ1) is 15.1. The molecule has 0 fully saturated rings. The van der Waals surface area contributed by atoms with Gasteiger partial charge in [-0.15, -0.1) is 0 Å². The second kappa shape index (κ2) is 9.09. The molecule has 7 nitrogen and oxygen atoms in total. The highest BCUT2D eigenvalue weighted by Gasteiger charge is 2.19. The van der Waals surface area contributed by atoms with E-state index in [4.69, 9.17) is 0 Å². The standard InChI is InChI=1S/C23H25FN6O/c1-3-6-16-9-11-17(12-10-16)26-22-25-13-20-21(29-22)30(15(2)14-31)23(28-20)27-19-8-5-4-7-18(19)24/h4-5,7-13,15,31H,3,6,14H2,1-2H3,(H,27,28)(H,25,26,29)/t15-/m0/s1. The van der Waals surface area contributed by atoms with E-state index >= 15 is 0 Å². The highest BCUT2D eigenvalue weighted by molar-refractivity contribution is 5.77. The molecule has 0 aliphatic carbocycles. The molecule has 0 amide bonds. The van der Waals surface area contributed by atoms with Crippen LogP contribution in [-0.4, -0.2) is 31.2 Å². The normalized spacial score (nSPS) is 12.1. The fraction of sp³-hybridized carbons (Fsp3) is 0.261. The van der Waals surface area contributed by atoms with Crippen molar-refractivity contribution in [2.75, 3.05) is 17.2 Å². The largest absolute Gasteiger partial charge is 0.394 e. The van der Waals surface area contributed by atoms with E-state index in [2.05, 4.69) is 44.6 Å². The monoisotopic (exact) mass is 420 g/mol. The fourth-order valence-corrected chi connectivity index (χ4v) is 3.39. The molecule has 4 rings (SSSR count). The van der Waals surface area contributed by atoms with E-state index in [1.807, 2.05) is 19.1 Å². The van der Waals surface area contributed by atoms with Crippen LogP contribution < -0.4 is 10.6 Å². The summed E-state index contributed by atoms with van der Waals surface area (Å²) >= 11 is 0. The Morgan fingerprint density at radius 2 is 1.84 bits per heavy atom. The molecule has 4 aromatic rings. The first-order valence-corrected chi connectivity index (χ1v) is 10.3. The number of hydrogen-bond acceptors (Lipinski definition) is 6. The molecule has 0 spiro atoms. The molecule has 2 aromatic carbocycles. The Balaban J connectivity index is 1.68. The van der Waals surface area contributed by atoms with Gasteiger partial charge in [-0.05, 0) is 43.2 Å². The van der Waals surface area contributed by atoms with E-state index < -0.39 is 5.82 Å². The van der Waals surface area contributed by atoms with Crippen LogP contribution in [0.1, 0.15) is 31.9 Å². The lowest BCUT2D eigenvalue weighted by Crippen LogP contribution is -2.13. The number of halogens is 1. The highest BCUT2D eigenvalue weighted by atomic mass is 19.1. The summed E-state index contributed by atoms with van der Waals surface area (Å²) in [5.74, 6) is 0.411. The number of fused-ring (bicyclic) bond motifs is 1. The quantitative estimate of drug-likeness (QED) is 0.373. The summed E-state index contributed by atoms with van der Waals surface area (Å²) in [5, 5.41) is 16.0. The molecule has 0 radical (unpaired) electrons. The maximum absolute atomic E-state index is 14.1. The van der Waals surface area contributed by atoms with E-state index in [0.29, 0.717) is 28.7 Å². The predicted octanol–water partition coefficient (Wildman–Crippen LogP) is 4.96. The molecule has 2 heterocycles. The minimum Gasteiger partial charge on any atom is -0.394 e. The lowest BCUT2D eigenvalue weighted by molar-refractivity contribution is 0.242. The number of imidazole rings is 1. The van der Waals surface area contributed by atoms with Crippen molar-refractivity contribution in [2.24, 2.45) is 0 Å². The molecule has 31 heavy (non-hydrogen) atoms. The van der Waals surface area contributed by atoms with Crippen LogP contribution in [0.15, 0.2) is 54.7 Å². The van der Waals surface area contributed by atoms with Crippen LogP contribution in [0.3, 0.4) is 0 Å². The van der Waals surface area contributed by atoms with Crippen molar-refractivity contribution < 1.29 is 9.50 Å². The molecule has 2 aromatic heterocycles. The van der Waals surface area contributed by atoms with Crippen molar-refractivity contribution in [3.05, 3.63) is 66.1 Å². The number of nitrogens with zero attached hydrogens (tertiary/aromatic N) is 4. The van der Waals surface area contributed by atoms with Gasteiger partial charge in [-0.3, -0.25) is 4.57 Å². The molecule has 8 heteroatoms. The average Bonchev–Trinajstić information content (AvgIpc) is 3.13. The third kappa shape index (κ3) is 4.49. The van der Waals surface area contributed by atoms with Gasteiger partial charge in [0.25, 0.3) is 0 Å². The van der Waals surface area contributed by atoms with Gasteiger partial charge in [0, 0.05) is 5.69 Å². The number of para-hydroxylation sites is 1. The Kier molecular flexibility index (Phi) is 6.08. The van der Waals surface area contributed by atoms with Crippen LogP contribution in [-0.2, 0) is 6.42 Å². The summed E-state index contributed by atoms with van der Waals surface area (Å²) in [6, 6.07) is 14.2. The molecular formula is C23H25FN6O. The zero-order chi connectivity index (χ0) is 21.8. The zero-order valence-corrected chi connectivity index (χ0v) is 17.5. The predicted molar refractivity (Wildman–Crippen MR) is 121 cm³/mol. The first-order valence-electron chi connectivity index (χ1n) is 10.3. The number of aliphatic hydroxyl groups excluding tert-OH is 1. The molecule has 0 aliphatic heterocycles. The zero-order valence-electron chi connectivity index (χ0n) is 17.5. The van der Waals surface area contributed by atoms with Gasteiger partial charge in [-0.25, -0.2) is 14.4 Å². The van der Waals surface area contributed by atoms with Crippen LogP contribution in [0.2, 0.25) is 0 Å². The van der Waals surface area contributed by atoms with Gasteiger partial charge in [-0.2, -0.15) is 4.98 Å². The van der Waals surface area contributed by atoms with E-state index in [0.717, 1.165) is 18.5 Å². The topological polar surface area (TPSA) is 87.9 Å². The number of aliphatic hydroxyl groups is 1. The maximum atomic E-state index is 14.1. The Hall–Kier alpha value is -3.52. The first kappa shape index (κ1) is 20.7. The van der Waals surface area contributed by atoms with Gasteiger partial charge in [-0.1, -0.05) is 37.6 Å². The Bertz CT molecular complexity index is 1170. The lowest BCUT2D eigenvalue weighted by Gasteiger charge is -2.16. The molecule has 160 valence electrons. The van der Waals surface area contributed by atoms with Crippen molar-refractivity contribution in [2.45, 2.75) is 32.7 Å². The lowest BCUT2D eigenvalue weighted by atomic mass is 10.1. The number of rotatable bonds is 8. The number of anilines is 4. The van der Waals surface area contributed by atoms with Crippen LogP contribution in [0.25, 0.3) is 11.2 Å². The van der Waals surface area contributed by atoms with Gasteiger partial charge in [0.2, 0.25) is 11.9 Å². The van der Waals surface area contributed by atoms with Crippen LogP contribution >= 0.6 is 0 Å². The molecule has 0 bridgehead atoms. The van der Waals surface area contributed by atoms with Crippen molar-refractivity contribution in [3.8, 4) is 0 Å². The summed E-state index contributed by atoms with van der Waals surface area (Å²) in [7, 11) is 0. The van der Waals surface area contributed by atoms with E-state index in [1.165, 1.54) is 11.6 Å². The molecule has 0 unspecified atom stereocenters.